The molecule has 2 aliphatic carbocycles. The van der Waals surface area contributed by atoms with Crippen LogP contribution in [0.15, 0.2) is 205 Å². The average molecular weight is 870 g/mol. The average Bonchev–Trinajstić information content (AvgIpc) is 3.94. The molecule has 0 amide bonds. The normalized spacial score (nSPS) is 14.5. The number of fused-ring (bicyclic) bond motifs is 13. The lowest BCUT2D eigenvalue weighted by molar-refractivity contribution is 0.660. The minimum atomic E-state index is -0.185. The summed E-state index contributed by atoms with van der Waals surface area (Å²) in [7, 11) is 2.44. The van der Waals surface area contributed by atoms with Crippen LogP contribution in [0.1, 0.15) is 49.9 Å². The van der Waals surface area contributed by atoms with Crippen LogP contribution >= 0.6 is 0 Å². The Morgan fingerprint density at radius 1 is 0.456 bits per heavy atom. The first-order chi connectivity index (χ1) is 33.2. The molecular formula is C64H46BN2O. The number of hydrogen-bond donors (Lipinski definition) is 1. The van der Waals surface area contributed by atoms with E-state index in [1.54, 1.807) is 0 Å². The van der Waals surface area contributed by atoms with Crippen LogP contribution in [0.5, 0.6) is 0 Å². The Balaban J connectivity index is 1.05. The minimum Gasteiger partial charge on any atom is -0.454 e. The molecule has 10 aromatic carbocycles. The van der Waals surface area contributed by atoms with Crippen molar-refractivity contribution in [1.29, 1.82) is 0 Å². The molecule has 0 unspecified atom stereocenters. The van der Waals surface area contributed by atoms with Crippen LogP contribution in [-0.2, 0) is 10.8 Å². The van der Waals surface area contributed by atoms with Crippen LogP contribution in [0.3, 0.4) is 0 Å². The van der Waals surface area contributed by atoms with Gasteiger partial charge in [0.25, 0.3) is 0 Å². The Morgan fingerprint density at radius 2 is 1.07 bits per heavy atom. The van der Waals surface area contributed by atoms with Gasteiger partial charge in [0.05, 0.1) is 5.69 Å². The van der Waals surface area contributed by atoms with Crippen molar-refractivity contribution in [3.63, 3.8) is 0 Å². The van der Waals surface area contributed by atoms with Crippen LogP contribution < -0.4 is 21.1 Å². The van der Waals surface area contributed by atoms with Crippen LogP contribution in [0.4, 0.5) is 28.4 Å². The number of rotatable bonds is 5. The lowest BCUT2D eigenvalue weighted by Gasteiger charge is -2.37. The molecule has 0 spiro atoms. The van der Waals surface area contributed by atoms with Gasteiger partial charge in [0.2, 0.25) is 0 Å². The number of nitrogens with zero attached hydrogens (tertiary/aromatic N) is 1. The van der Waals surface area contributed by atoms with Crippen LogP contribution in [-0.4, -0.2) is 7.28 Å². The molecule has 3 nitrogen and oxygen atoms in total. The molecule has 0 saturated heterocycles. The molecule has 0 fully saturated rings. The molecule has 0 saturated carbocycles. The number of benzene rings is 10. The van der Waals surface area contributed by atoms with Crippen molar-refractivity contribution in [2.24, 2.45) is 0 Å². The Kier molecular flexibility index (Phi) is 8.18. The van der Waals surface area contributed by atoms with Crippen molar-refractivity contribution in [3.05, 3.63) is 222 Å². The summed E-state index contributed by atoms with van der Waals surface area (Å²) in [6.45, 7) is 9.50. The largest absolute Gasteiger partial charge is 0.454 e. The fourth-order valence-corrected chi connectivity index (χ4v) is 12.0. The van der Waals surface area contributed by atoms with E-state index in [0.29, 0.717) is 0 Å². The molecule has 11 aromatic rings. The zero-order valence-electron chi connectivity index (χ0n) is 38.5. The second-order valence-electron chi connectivity index (χ2n) is 20.0. The van der Waals surface area contributed by atoms with E-state index < -0.39 is 0 Å². The van der Waals surface area contributed by atoms with Crippen LogP contribution in [0.25, 0.3) is 77.2 Å². The molecule has 3 aliphatic rings. The predicted octanol–water partition coefficient (Wildman–Crippen LogP) is 15.9. The maximum atomic E-state index is 7.14. The third kappa shape index (κ3) is 5.61. The lowest BCUT2D eigenvalue weighted by atomic mass is 9.57. The first-order valence-corrected chi connectivity index (χ1v) is 23.8. The third-order valence-corrected chi connectivity index (χ3v) is 15.5. The van der Waals surface area contributed by atoms with Gasteiger partial charge in [-0.2, -0.15) is 0 Å². The van der Waals surface area contributed by atoms with E-state index in [2.05, 4.69) is 245 Å². The Labute approximate surface area is 397 Å². The zero-order valence-corrected chi connectivity index (χ0v) is 38.5. The lowest BCUT2D eigenvalue weighted by Crippen LogP contribution is -2.41. The zero-order chi connectivity index (χ0) is 45.5. The third-order valence-electron chi connectivity index (χ3n) is 15.5. The van der Waals surface area contributed by atoms with Gasteiger partial charge in [-0.15, -0.1) is 0 Å². The van der Waals surface area contributed by atoms with E-state index in [9.17, 15) is 0 Å². The highest BCUT2D eigenvalue weighted by Crippen LogP contribution is 2.54. The maximum absolute atomic E-state index is 7.14. The van der Waals surface area contributed by atoms with E-state index in [4.69, 9.17) is 4.42 Å². The molecule has 68 heavy (non-hydrogen) atoms. The van der Waals surface area contributed by atoms with Crippen molar-refractivity contribution in [1.82, 2.24) is 0 Å². The second-order valence-corrected chi connectivity index (χ2v) is 20.0. The molecule has 0 atom stereocenters. The first kappa shape index (κ1) is 39.1. The molecule has 1 radical (unpaired) electrons. The standard InChI is InChI=1S/C64H46BN2O/c1-63(2)52-23-13-10-20-44(52)46-31-30-43(34-54(46)63)67-58-37-55-48(45-21-11-14-24-53(45)64(55,3)4)36-56(58)65-60-50(35-51-47-22-12-15-25-59(47)68-62(51)61(60)67)49-32-40-18-8-9-19-41(40)33-57(49)66-42-28-26-39(27-29-42)38-16-6-5-7-17-38/h5-37,66H,1-4H3. The topological polar surface area (TPSA) is 28.4 Å². The molecule has 1 aliphatic heterocycles. The summed E-state index contributed by atoms with van der Waals surface area (Å²) in [4.78, 5) is 2.54. The van der Waals surface area contributed by atoms with Crippen molar-refractivity contribution < 1.29 is 4.42 Å². The molecule has 1 aromatic heterocycles. The van der Waals surface area contributed by atoms with E-state index in [1.165, 1.54) is 71.9 Å². The van der Waals surface area contributed by atoms with Crippen molar-refractivity contribution in [2.75, 3.05) is 10.2 Å². The monoisotopic (exact) mass is 869 g/mol. The van der Waals surface area contributed by atoms with Gasteiger partial charge in [0.15, 0.2) is 12.9 Å². The highest BCUT2D eigenvalue weighted by molar-refractivity contribution is 6.74. The molecule has 1 N–H and O–H groups in total. The van der Waals surface area contributed by atoms with E-state index >= 15 is 0 Å². The fraction of sp³-hybridized carbons (Fsp3) is 0.0938. The van der Waals surface area contributed by atoms with Crippen LogP contribution in [0, 0.1) is 0 Å². The maximum Gasteiger partial charge on any atom is 0.198 e. The SMILES string of the molecule is CC1(C)c2ccccc2-c2ccc(N3c4cc5c(cc4[B]c4c(-c6cc7ccccc7cc6Nc6ccc(-c7ccccc7)cc6)cc6c(oc7ccccc76)c43)-c3ccccc3C5(C)C)cc21. The van der Waals surface area contributed by atoms with E-state index in [-0.39, 0.29) is 10.8 Å². The fourth-order valence-electron chi connectivity index (χ4n) is 12.0. The highest BCUT2D eigenvalue weighted by Gasteiger charge is 2.41. The number of anilines is 5. The van der Waals surface area contributed by atoms with Gasteiger partial charge in [-0.3, -0.25) is 0 Å². The van der Waals surface area contributed by atoms with Crippen molar-refractivity contribution in [2.45, 2.75) is 38.5 Å². The van der Waals surface area contributed by atoms with E-state index in [1.807, 2.05) is 0 Å². The van der Waals surface area contributed by atoms with Gasteiger partial charge in [0, 0.05) is 49.9 Å². The molecule has 321 valence electrons. The minimum absolute atomic E-state index is 0.182. The molecule has 0 bridgehead atoms. The van der Waals surface area contributed by atoms with Gasteiger partial charge in [-0.05, 0) is 132 Å². The molecule has 14 rings (SSSR count). The van der Waals surface area contributed by atoms with Gasteiger partial charge >= 0.3 is 0 Å². The quantitative estimate of drug-likeness (QED) is 0.175. The summed E-state index contributed by atoms with van der Waals surface area (Å²) >= 11 is 0. The Bertz CT molecular complexity index is 3920. The molecule has 4 heteroatoms. The second kappa shape index (κ2) is 14.2. The predicted molar refractivity (Wildman–Crippen MR) is 287 cm³/mol. The van der Waals surface area contributed by atoms with Gasteiger partial charge in [-0.25, -0.2) is 0 Å². The molecular weight excluding hydrogens is 824 g/mol. The summed E-state index contributed by atoms with van der Waals surface area (Å²) in [5, 5.41) is 8.49. The van der Waals surface area contributed by atoms with Gasteiger partial charge in [0.1, 0.15) is 5.58 Å². The first-order valence-electron chi connectivity index (χ1n) is 23.8. The Morgan fingerprint density at radius 3 is 1.84 bits per heavy atom. The number of para-hydroxylation sites is 1. The summed E-state index contributed by atoms with van der Waals surface area (Å²) < 4.78 is 7.14. The molecule has 2 heterocycles. The smallest absolute Gasteiger partial charge is 0.198 e. The summed E-state index contributed by atoms with van der Waals surface area (Å²) in [5.41, 5.74) is 24.3. The van der Waals surface area contributed by atoms with Crippen molar-refractivity contribution >= 4 is 79.4 Å². The van der Waals surface area contributed by atoms with Crippen LogP contribution in [0.2, 0.25) is 0 Å². The van der Waals surface area contributed by atoms with Crippen molar-refractivity contribution in [3.8, 4) is 44.5 Å². The number of nitrogens with one attached hydrogen (secondary N) is 1. The van der Waals surface area contributed by atoms with E-state index in [0.717, 1.165) is 67.0 Å². The summed E-state index contributed by atoms with van der Waals surface area (Å²) in [6, 6.07) is 73.7. The number of furan rings is 1. The highest BCUT2D eigenvalue weighted by atomic mass is 16.3. The Hall–Kier alpha value is -8.08. The van der Waals surface area contributed by atoms with Gasteiger partial charge in [-0.1, -0.05) is 179 Å². The summed E-state index contributed by atoms with van der Waals surface area (Å²) in [6.07, 6.45) is 0. The van der Waals surface area contributed by atoms with Gasteiger partial charge < -0.3 is 14.6 Å². The number of hydrogen-bond acceptors (Lipinski definition) is 3. The summed E-state index contributed by atoms with van der Waals surface area (Å²) in [5.74, 6) is 0.